The number of nitrogens with zero attached hydrogens (tertiary/aromatic N) is 3. The second-order valence-electron chi connectivity index (χ2n) is 4.53. The van der Waals surface area contributed by atoms with E-state index in [9.17, 15) is 4.39 Å². The Morgan fingerprint density at radius 1 is 1.00 bits per heavy atom. The molecule has 4 heterocycles. The largest absolute Gasteiger partial charge is 0.338 e. The molecule has 4 rings (SSSR count). The number of aromatic nitrogens is 4. The SMILES string of the molecule is Fc1cncc(-c2cc3c(cn2)[nH]c2ncccc23)c1. The predicted molar refractivity (Wildman–Crippen MR) is 74.6 cm³/mol. The molecule has 0 atom stereocenters. The van der Waals surface area contributed by atoms with E-state index < -0.39 is 0 Å². The van der Waals surface area contributed by atoms with E-state index >= 15 is 0 Å². The van der Waals surface area contributed by atoms with Crippen molar-refractivity contribution >= 4 is 21.9 Å². The molecule has 0 radical (unpaired) electrons. The number of nitrogens with one attached hydrogen (secondary N) is 1. The molecule has 0 aliphatic rings. The van der Waals surface area contributed by atoms with Crippen LogP contribution in [0.3, 0.4) is 0 Å². The van der Waals surface area contributed by atoms with Gasteiger partial charge in [-0.25, -0.2) is 9.37 Å². The molecule has 0 aromatic carbocycles. The molecule has 0 bridgehead atoms. The van der Waals surface area contributed by atoms with Crippen LogP contribution in [0, 0.1) is 5.82 Å². The van der Waals surface area contributed by atoms with Gasteiger partial charge >= 0.3 is 0 Å². The van der Waals surface area contributed by atoms with Crippen LogP contribution in [0.25, 0.3) is 33.2 Å². The summed E-state index contributed by atoms with van der Waals surface area (Å²) >= 11 is 0. The van der Waals surface area contributed by atoms with Crippen LogP contribution in [0.1, 0.15) is 0 Å². The van der Waals surface area contributed by atoms with Crippen LogP contribution in [-0.2, 0) is 0 Å². The van der Waals surface area contributed by atoms with Crippen molar-refractivity contribution < 1.29 is 4.39 Å². The van der Waals surface area contributed by atoms with Crippen LogP contribution >= 0.6 is 0 Å². The Balaban J connectivity index is 2.00. The molecule has 96 valence electrons. The van der Waals surface area contributed by atoms with Crippen LogP contribution in [0.5, 0.6) is 0 Å². The average Bonchev–Trinajstić information content (AvgIpc) is 2.85. The molecule has 4 aromatic rings. The second-order valence-corrected chi connectivity index (χ2v) is 4.53. The summed E-state index contributed by atoms with van der Waals surface area (Å²) in [4.78, 5) is 15.7. The molecule has 0 aliphatic carbocycles. The lowest BCUT2D eigenvalue weighted by molar-refractivity contribution is 0.622. The highest BCUT2D eigenvalue weighted by atomic mass is 19.1. The minimum atomic E-state index is -0.370. The third kappa shape index (κ3) is 1.64. The number of fused-ring (bicyclic) bond motifs is 3. The van der Waals surface area contributed by atoms with Crippen LogP contribution in [0.2, 0.25) is 0 Å². The minimum Gasteiger partial charge on any atom is -0.338 e. The summed E-state index contributed by atoms with van der Waals surface area (Å²) in [6.07, 6.45) is 6.25. The van der Waals surface area contributed by atoms with Crippen LogP contribution in [0.15, 0.2) is 49.1 Å². The first-order chi connectivity index (χ1) is 9.81. The van der Waals surface area contributed by atoms with Gasteiger partial charge in [-0.2, -0.15) is 0 Å². The quantitative estimate of drug-likeness (QED) is 0.574. The molecule has 0 aliphatic heterocycles. The van der Waals surface area contributed by atoms with Gasteiger partial charge < -0.3 is 4.98 Å². The van der Waals surface area contributed by atoms with Gasteiger partial charge in [0.1, 0.15) is 11.5 Å². The first-order valence-electron chi connectivity index (χ1n) is 6.15. The van der Waals surface area contributed by atoms with E-state index in [0.717, 1.165) is 21.9 Å². The molecule has 0 unspecified atom stereocenters. The van der Waals surface area contributed by atoms with Gasteiger partial charge in [-0.05, 0) is 24.3 Å². The molecule has 0 fully saturated rings. The Kier molecular flexibility index (Phi) is 2.26. The Bertz CT molecular complexity index is 929. The molecular formula is C15H9FN4. The molecule has 4 nitrogen and oxygen atoms in total. The number of halogens is 1. The van der Waals surface area contributed by atoms with Crippen molar-refractivity contribution in [3.05, 3.63) is 54.9 Å². The Labute approximate surface area is 113 Å². The van der Waals surface area contributed by atoms with Crippen molar-refractivity contribution in [2.24, 2.45) is 0 Å². The number of pyridine rings is 3. The zero-order chi connectivity index (χ0) is 13.5. The fraction of sp³-hybridized carbons (Fsp3) is 0. The minimum absolute atomic E-state index is 0.370. The normalized spacial score (nSPS) is 11.2. The van der Waals surface area contributed by atoms with E-state index in [2.05, 4.69) is 19.9 Å². The Hall–Kier alpha value is -2.82. The maximum Gasteiger partial charge on any atom is 0.142 e. The number of hydrogen-bond donors (Lipinski definition) is 1. The van der Waals surface area contributed by atoms with Gasteiger partial charge in [-0.1, -0.05) is 0 Å². The van der Waals surface area contributed by atoms with Gasteiger partial charge in [0.2, 0.25) is 0 Å². The number of aromatic amines is 1. The van der Waals surface area contributed by atoms with Crippen molar-refractivity contribution in [2.45, 2.75) is 0 Å². The van der Waals surface area contributed by atoms with E-state index in [4.69, 9.17) is 0 Å². The van der Waals surface area contributed by atoms with Crippen molar-refractivity contribution in [1.82, 2.24) is 19.9 Å². The topological polar surface area (TPSA) is 54.5 Å². The molecule has 0 saturated carbocycles. The highest BCUT2D eigenvalue weighted by Crippen LogP contribution is 2.27. The summed E-state index contributed by atoms with van der Waals surface area (Å²) < 4.78 is 13.3. The van der Waals surface area contributed by atoms with Gasteiger partial charge in [0.05, 0.1) is 23.6 Å². The molecule has 0 spiro atoms. The number of H-pyrrole nitrogens is 1. The summed E-state index contributed by atoms with van der Waals surface area (Å²) in [7, 11) is 0. The predicted octanol–water partition coefficient (Wildman–Crippen LogP) is 3.31. The Morgan fingerprint density at radius 2 is 1.95 bits per heavy atom. The highest BCUT2D eigenvalue weighted by Gasteiger charge is 2.08. The summed E-state index contributed by atoms with van der Waals surface area (Å²) in [5, 5.41) is 2.04. The van der Waals surface area contributed by atoms with Gasteiger partial charge in [0, 0.05) is 28.7 Å². The molecule has 1 N–H and O–H groups in total. The van der Waals surface area contributed by atoms with E-state index in [1.54, 1.807) is 18.6 Å². The van der Waals surface area contributed by atoms with Gasteiger partial charge in [0.25, 0.3) is 0 Å². The molecule has 4 aromatic heterocycles. The molecule has 0 saturated heterocycles. The lowest BCUT2D eigenvalue weighted by Gasteiger charge is -2.00. The van der Waals surface area contributed by atoms with Crippen LogP contribution in [-0.4, -0.2) is 19.9 Å². The van der Waals surface area contributed by atoms with Crippen molar-refractivity contribution in [1.29, 1.82) is 0 Å². The summed E-state index contributed by atoms with van der Waals surface area (Å²) in [6.45, 7) is 0. The second kappa shape index (κ2) is 4.09. The summed E-state index contributed by atoms with van der Waals surface area (Å²) in [6, 6.07) is 7.23. The third-order valence-electron chi connectivity index (χ3n) is 3.26. The number of rotatable bonds is 1. The zero-order valence-corrected chi connectivity index (χ0v) is 10.3. The van der Waals surface area contributed by atoms with Crippen molar-refractivity contribution in [3.8, 4) is 11.3 Å². The lowest BCUT2D eigenvalue weighted by Crippen LogP contribution is -1.86. The first-order valence-corrected chi connectivity index (χ1v) is 6.15. The van der Waals surface area contributed by atoms with Crippen LogP contribution < -0.4 is 0 Å². The van der Waals surface area contributed by atoms with Crippen LogP contribution in [0.4, 0.5) is 4.39 Å². The number of hydrogen-bond acceptors (Lipinski definition) is 3. The maximum atomic E-state index is 13.3. The van der Waals surface area contributed by atoms with E-state index in [-0.39, 0.29) is 5.82 Å². The van der Waals surface area contributed by atoms with Gasteiger partial charge in [-0.3, -0.25) is 9.97 Å². The molecular weight excluding hydrogens is 255 g/mol. The van der Waals surface area contributed by atoms with E-state index in [0.29, 0.717) is 11.3 Å². The lowest BCUT2D eigenvalue weighted by atomic mass is 10.1. The molecule has 0 amide bonds. The van der Waals surface area contributed by atoms with E-state index in [1.807, 2.05) is 18.2 Å². The standard InChI is InChI=1S/C15H9FN4/c16-10-4-9(6-17-7-10)13-5-12-11-2-1-3-18-15(11)20-14(12)8-19-13/h1-8H,(H,18,20). The van der Waals surface area contributed by atoms with Gasteiger partial charge in [0.15, 0.2) is 0 Å². The Morgan fingerprint density at radius 3 is 2.85 bits per heavy atom. The van der Waals surface area contributed by atoms with Crippen molar-refractivity contribution in [3.63, 3.8) is 0 Å². The third-order valence-corrected chi connectivity index (χ3v) is 3.26. The first kappa shape index (κ1) is 11.0. The molecule has 5 heteroatoms. The fourth-order valence-electron chi connectivity index (χ4n) is 2.34. The van der Waals surface area contributed by atoms with Gasteiger partial charge in [-0.15, -0.1) is 0 Å². The van der Waals surface area contributed by atoms with Crippen molar-refractivity contribution in [2.75, 3.05) is 0 Å². The smallest absolute Gasteiger partial charge is 0.142 e. The average molecular weight is 264 g/mol. The summed E-state index contributed by atoms with van der Waals surface area (Å²) in [5.41, 5.74) is 3.07. The maximum absolute atomic E-state index is 13.3. The monoisotopic (exact) mass is 264 g/mol. The molecule has 20 heavy (non-hydrogen) atoms. The fourth-order valence-corrected chi connectivity index (χ4v) is 2.34. The zero-order valence-electron chi connectivity index (χ0n) is 10.3. The van der Waals surface area contributed by atoms with E-state index in [1.165, 1.54) is 12.3 Å². The summed E-state index contributed by atoms with van der Waals surface area (Å²) in [5.74, 6) is -0.370. The highest BCUT2D eigenvalue weighted by molar-refractivity contribution is 6.06.